The fourth-order valence-corrected chi connectivity index (χ4v) is 3.46. The number of hydrogen-bond acceptors (Lipinski definition) is 9. The maximum Gasteiger partial charge on any atom is 0.509 e. The zero-order valence-corrected chi connectivity index (χ0v) is 23.8. The number of rotatable bonds is 16. The van der Waals surface area contributed by atoms with E-state index in [1.165, 1.54) is 12.1 Å². The normalized spacial score (nSPS) is 10.2. The highest BCUT2D eigenvalue weighted by Crippen LogP contribution is 2.26. The predicted octanol–water partition coefficient (Wildman–Crippen LogP) is 5.41. The zero-order valence-electron chi connectivity index (χ0n) is 23.8. The van der Waals surface area contributed by atoms with Crippen LogP contribution in [-0.4, -0.2) is 55.1 Å². The summed E-state index contributed by atoms with van der Waals surface area (Å²) in [5.41, 5.74) is 1.26. The Bertz CT molecular complexity index is 1430. The zero-order chi connectivity index (χ0) is 31.0. The minimum Gasteiger partial charge on any atom is -0.493 e. The number of benzene rings is 3. The minimum absolute atomic E-state index is 0.219. The van der Waals surface area contributed by atoms with Gasteiger partial charge in [-0.2, -0.15) is 0 Å². The van der Waals surface area contributed by atoms with Crippen LogP contribution < -0.4 is 18.9 Å². The Morgan fingerprint density at radius 1 is 0.674 bits per heavy atom. The third kappa shape index (κ3) is 10.8. The van der Waals surface area contributed by atoms with Gasteiger partial charge < -0.3 is 33.2 Å². The molecule has 0 heterocycles. The maximum atomic E-state index is 12.6. The van der Waals surface area contributed by atoms with Gasteiger partial charge in [0, 0.05) is 18.9 Å². The van der Waals surface area contributed by atoms with Crippen LogP contribution in [-0.2, 0) is 14.3 Å². The Morgan fingerprint density at radius 3 is 1.70 bits per heavy atom. The molecule has 0 aliphatic rings. The lowest BCUT2D eigenvalue weighted by Crippen LogP contribution is -2.11. The van der Waals surface area contributed by atoms with Crippen molar-refractivity contribution in [2.24, 2.45) is 0 Å². The molecule has 10 nitrogen and oxygen atoms in total. The first-order valence-corrected chi connectivity index (χ1v) is 13.4. The van der Waals surface area contributed by atoms with Gasteiger partial charge in [0.05, 0.1) is 37.0 Å². The van der Waals surface area contributed by atoms with Gasteiger partial charge in [-0.1, -0.05) is 13.2 Å². The van der Waals surface area contributed by atoms with Gasteiger partial charge in [0.1, 0.15) is 23.0 Å². The number of carbonyl (C=O) groups is 3. The van der Waals surface area contributed by atoms with Gasteiger partial charge in [-0.25, -0.2) is 14.4 Å². The molecule has 0 saturated carbocycles. The van der Waals surface area contributed by atoms with Crippen molar-refractivity contribution < 1.29 is 47.6 Å². The molecule has 1 N–H and O–H groups in total. The molecule has 0 aliphatic carbocycles. The van der Waals surface area contributed by atoms with Gasteiger partial charge in [0.2, 0.25) is 0 Å². The Labute approximate surface area is 249 Å². The average Bonchev–Trinajstić information content (AvgIpc) is 3.02. The lowest BCUT2D eigenvalue weighted by atomic mass is 10.2. The third-order valence-electron chi connectivity index (χ3n) is 5.69. The van der Waals surface area contributed by atoms with Crippen molar-refractivity contribution in [3.8, 4) is 23.0 Å². The molecule has 10 heteroatoms. The fraction of sp³-hybridized carbons (Fsp3) is 0.212. The summed E-state index contributed by atoms with van der Waals surface area (Å²) in [6.07, 6.45) is 3.37. The summed E-state index contributed by atoms with van der Waals surface area (Å²) in [5.74, 6) is -0.0842. The molecule has 0 spiro atoms. The van der Waals surface area contributed by atoms with E-state index in [0.29, 0.717) is 65.7 Å². The molecule has 224 valence electrons. The first kappa shape index (κ1) is 32.1. The van der Waals surface area contributed by atoms with Crippen LogP contribution in [0, 0.1) is 6.92 Å². The first-order valence-electron chi connectivity index (χ1n) is 13.4. The van der Waals surface area contributed by atoms with E-state index in [1.54, 1.807) is 67.6 Å². The minimum atomic E-state index is -0.560. The first-order chi connectivity index (χ1) is 20.8. The van der Waals surface area contributed by atoms with Gasteiger partial charge in [-0.15, -0.1) is 0 Å². The molecule has 43 heavy (non-hydrogen) atoms. The second-order valence-corrected chi connectivity index (χ2v) is 8.92. The van der Waals surface area contributed by atoms with Crippen LogP contribution in [0.1, 0.15) is 39.1 Å². The van der Waals surface area contributed by atoms with Crippen molar-refractivity contribution in [2.45, 2.75) is 19.8 Å². The van der Waals surface area contributed by atoms with E-state index in [1.807, 2.05) is 0 Å². The lowest BCUT2D eigenvalue weighted by molar-refractivity contribution is -0.137. The molecule has 0 saturated heterocycles. The second-order valence-electron chi connectivity index (χ2n) is 8.92. The van der Waals surface area contributed by atoms with Crippen LogP contribution in [0.25, 0.3) is 0 Å². The summed E-state index contributed by atoms with van der Waals surface area (Å²) in [7, 11) is 0. The van der Waals surface area contributed by atoms with Crippen molar-refractivity contribution >= 4 is 23.9 Å². The third-order valence-corrected chi connectivity index (χ3v) is 5.69. The smallest absolute Gasteiger partial charge is 0.493 e. The highest BCUT2D eigenvalue weighted by Gasteiger charge is 2.14. The number of aryl methyl sites for hydroxylation is 1. The number of esters is 4. The number of carbonyl (C=O) groups excluding carboxylic acids is 4. The molecule has 0 atom stereocenters. The molecule has 0 bridgehead atoms. The van der Waals surface area contributed by atoms with Crippen LogP contribution >= 0.6 is 0 Å². The van der Waals surface area contributed by atoms with Crippen molar-refractivity contribution in [1.29, 1.82) is 0 Å². The van der Waals surface area contributed by atoms with Crippen LogP contribution in [0.2, 0.25) is 0 Å². The largest absolute Gasteiger partial charge is 0.509 e. The summed E-state index contributed by atoms with van der Waals surface area (Å²) in [4.78, 5) is 45.5. The molecule has 3 aromatic carbocycles. The Morgan fingerprint density at radius 2 is 1.19 bits per heavy atom. The summed E-state index contributed by atoms with van der Waals surface area (Å²) < 4.78 is 32.0. The SMILES string of the molecule is C=CC(=O)OCCCOc1ccc(C(=O)Oc2ccc(OC(=O)c3ccc(OCCCOC(=[OH+])C=C)cc3)c(C)c2)cc1. The quantitative estimate of drug-likeness (QED) is 0.0709. The van der Waals surface area contributed by atoms with Gasteiger partial charge in [-0.3, -0.25) is 0 Å². The monoisotopic (exact) mass is 589 g/mol. The van der Waals surface area contributed by atoms with Crippen LogP contribution in [0.5, 0.6) is 23.0 Å². The highest BCUT2D eigenvalue weighted by molar-refractivity contribution is 5.92. The molecule has 3 aromatic rings. The Hall–Kier alpha value is -5.38. The van der Waals surface area contributed by atoms with Gasteiger partial charge in [0.15, 0.2) is 6.61 Å². The van der Waals surface area contributed by atoms with Crippen molar-refractivity contribution in [3.05, 3.63) is 109 Å². The van der Waals surface area contributed by atoms with E-state index >= 15 is 0 Å². The van der Waals surface area contributed by atoms with E-state index < -0.39 is 17.9 Å². The topological polar surface area (TPSA) is 128 Å². The van der Waals surface area contributed by atoms with Crippen molar-refractivity contribution in [2.75, 3.05) is 26.4 Å². The molecule has 0 radical (unpaired) electrons. The van der Waals surface area contributed by atoms with E-state index in [4.69, 9.17) is 28.4 Å². The fourth-order valence-electron chi connectivity index (χ4n) is 3.46. The highest BCUT2D eigenvalue weighted by atomic mass is 16.5. The lowest BCUT2D eigenvalue weighted by Gasteiger charge is -2.11. The van der Waals surface area contributed by atoms with E-state index in [2.05, 4.69) is 13.2 Å². The Balaban J connectivity index is 1.45. The molecule has 0 fully saturated rings. The summed E-state index contributed by atoms with van der Waals surface area (Å²) in [5, 5.41) is 0. The summed E-state index contributed by atoms with van der Waals surface area (Å²) in [6, 6.07) is 17.6. The van der Waals surface area contributed by atoms with Gasteiger partial charge in [-0.05, 0) is 79.2 Å². The van der Waals surface area contributed by atoms with E-state index in [0.717, 1.165) is 6.08 Å². The number of hydrogen-bond donors (Lipinski definition) is 0. The molecular weight excluding hydrogens is 556 g/mol. The van der Waals surface area contributed by atoms with E-state index in [9.17, 15) is 19.2 Å². The Kier molecular flexibility index (Phi) is 12.5. The predicted molar refractivity (Wildman–Crippen MR) is 158 cm³/mol. The molecule has 3 rings (SSSR count). The van der Waals surface area contributed by atoms with Crippen molar-refractivity contribution in [1.82, 2.24) is 0 Å². The maximum absolute atomic E-state index is 12.6. The molecule has 0 aromatic heterocycles. The van der Waals surface area contributed by atoms with Crippen LogP contribution in [0.15, 0.2) is 92.0 Å². The van der Waals surface area contributed by atoms with Gasteiger partial charge >= 0.3 is 23.9 Å². The summed E-state index contributed by atoms with van der Waals surface area (Å²) in [6.45, 7) is 9.65. The van der Waals surface area contributed by atoms with Crippen LogP contribution in [0.3, 0.4) is 0 Å². The van der Waals surface area contributed by atoms with Crippen molar-refractivity contribution in [3.63, 3.8) is 0 Å². The second kappa shape index (κ2) is 16.8. The number of ether oxygens (including phenoxy) is 6. The van der Waals surface area contributed by atoms with Gasteiger partial charge in [0.25, 0.3) is 0 Å². The van der Waals surface area contributed by atoms with Crippen LogP contribution in [0.4, 0.5) is 0 Å². The molecule has 0 aliphatic heterocycles. The summed E-state index contributed by atoms with van der Waals surface area (Å²) >= 11 is 0. The standard InChI is InChI=1S/C33H32O10/c1-4-30(34)40-20-6-18-38-26-12-8-24(9-13-26)32(36)42-28-16-17-29(23(3)22-28)43-33(37)25-10-14-27(15-11-25)39-19-7-21-41-31(35)5-2/h4-5,8-17,22H,1-2,6-7,18-21H2,3H3/p+1. The van der Waals surface area contributed by atoms with E-state index in [-0.39, 0.29) is 19.2 Å². The molecule has 0 unspecified atom stereocenters. The average molecular weight is 590 g/mol. The molecule has 0 amide bonds. The molecular formula is C33H33O10+.